The van der Waals surface area contributed by atoms with Crippen molar-refractivity contribution in [2.24, 2.45) is 5.41 Å². The van der Waals surface area contributed by atoms with Crippen LogP contribution < -0.4 is 4.74 Å². The van der Waals surface area contributed by atoms with Crippen LogP contribution in [0.1, 0.15) is 20.8 Å². The maximum Gasteiger partial charge on any atom is 0.327 e. The minimum absolute atomic E-state index is 0.301. The van der Waals surface area contributed by atoms with Crippen LogP contribution in [0.15, 0.2) is 24.3 Å². The summed E-state index contributed by atoms with van der Waals surface area (Å²) in [4.78, 5) is 23.3. The van der Waals surface area contributed by atoms with Gasteiger partial charge >= 0.3 is 11.9 Å². The Bertz CT molecular complexity index is 686. The highest BCUT2D eigenvalue weighted by Gasteiger charge is 2.23. The van der Waals surface area contributed by atoms with Crippen molar-refractivity contribution in [3.05, 3.63) is 24.3 Å². The van der Waals surface area contributed by atoms with E-state index in [0.717, 1.165) is 4.80 Å². The van der Waals surface area contributed by atoms with Crippen LogP contribution in [0.2, 0.25) is 0 Å². The molecule has 0 radical (unpaired) electrons. The first-order chi connectivity index (χ1) is 10.3. The van der Waals surface area contributed by atoms with Crippen molar-refractivity contribution in [3.8, 4) is 17.1 Å². The molecule has 22 heavy (non-hydrogen) atoms. The summed E-state index contributed by atoms with van der Waals surface area (Å²) in [6, 6.07) is 6.59. The van der Waals surface area contributed by atoms with Gasteiger partial charge in [-0.15, -0.1) is 10.2 Å². The lowest BCUT2D eigenvalue weighted by atomic mass is 9.97. The van der Waals surface area contributed by atoms with E-state index >= 15 is 0 Å². The maximum absolute atomic E-state index is 11.8. The van der Waals surface area contributed by atoms with Crippen molar-refractivity contribution in [1.82, 2.24) is 20.2 Å². The van der Waals surface area contributed by atoms with E-state index in [9.17, 15) is 9.59 Å². The van der Waals surface area contributed by atoms with Gasteiger partial charge in [-0.3, -0.25) is 9.59 Å². The molecule has 0 atom stereocenters. The summed E-state index contributed by atoms with van der Waals surface area (Å²) in [5, 5.41) is 20.0. The lowest BCUT2D eigenvalue weighted by molar-refractivity contribution is -0.143. The Labute approximate surface area is 126 Å². The first-order valence-corrected chi connectivity index (χ1v) is 6.58. The molecule has 0 bridgehead atoms. The van der Waals surface area contributed by atoms with Gasteiger partial charge in [0.25, 0.3) is 0 Å². The molecule has 2 rings (SSSR count). The standard InChI is InChI=1S/C14H16N4O4/c1-14(2,3)13(21)22-10-6-4-9(5-7-10)12-15-17-18(16-12)8-11(19)20/h4-7H,8H2,1-3H3,(H,19,20). The minimum atomic E-state index is -1.05. The van der Waals surface area contributed by atoms with E-state index in [1.807, 2.05) is 0 Å². The summed E-state index contributed by atoms with van der Waals surface area (Å²) in [6.07, 6.45) is 0. The monoisotopic (exact) mass is 304 g/mol. The molecule has 0 unspecified atom stereocenters. The number of rotatable bonds is 4. The van der Waals surface area contributed by atoms with Gasteiger partial charge in [-0.25, -0.2) is 0 Å². The molecule has 1 aromatic carbocycles. The number of esters is 1. The molecular formula is C14H16N4O4. The fourth-order valence-electron chi connectivity index (χ4n) is 1.48. The molecule has 0 saturated heterocycles. The molecule has 0 aliphatic carbocycles. The predicted octanol–water partition coefficient (Wildman–Crippen LogP) is 1.38. The molecule has 116 valence electrons. The molecule has 2 aromatic rings. The molecule has 1 aromatic heterocycles. The third-order valence-electron chi connectivity index (χ3n) is 2.66. The van der Waals surface area contributed by atoms with Gasteiger partial charge in [-0.1, -0.05) is 0 Å². The fraction of sp³-hybridized carbons (Fsp3) is 0.357. The highest BCUT2D eigenvalue weighted by molar-refractivity contribution is 5.78. The first-order valence-electron chi connectivity index (χ1n) is 6.58. The average molecular weight is 304 g/mol. The normalized spacial score (nSPS) is 11.2. The van der Waals surface area contributed by atoms with E-state index in [1.54, 1.807) is 45.0 Å². The molecular weight excluding hydrogens is 288 g/mol. The SMILES string of the molecule is CC(C)(C)C(=O)Oc1ccc(-c2nnn(CC(=O)O)n2)cc1. The summed E-state index contributed by atoms with van der Waals surface area (Å²) in [5.74, 6) is -0.657. The fourth-order valence-corrected chi connectivity index (χ4v) is 1.48. The molecule has 0 spiro atoms. The molecule has 0 fully saturated rings. The second-order valence-corrected chi connectivity index (χ2v) is 5.70. The van der Waals surface area contributed by atoms with Crippen molar-refractivity contribution in [2.75, 3.05) is 0 Å². The Morgan fingerprint density at radius 2 is 1.86 bits per heavy atom. The molecule has 8 nitrogen and oxygen atoms in total. The van der Waals surface area contributed by atoms with E-state index in [2.05, 4.69) is 15.4 Å². The molecule has 0 amide bonds. The van der Waals surface area contributed by atoms with E-state index in [1.165, 1.54) is 0 Å². The smallest absolute Gasteiger partial charge is 0.327 e. The van der Waals surface area contributed by atoms with Gasteiger partial charge in [0.05, 0.1) is 5.41 Å². The van der Waals surface area contributed by atoms with Gasteiger partial charge in [0.1, 0.15) is 5.75 Å². The van der Waals surface area contributed by atoms with Gasteiger partial charge in [-0.2, -0.15) is 4.80 Å². The lowest BCUT2D eigenvalue weighted by Crippen LogP contribution is -2.25. The van der Waals surface area contributed by atoms with Crippen molar-refractivity contribution in [1.29, 1.82) is 0 Å². The van der Waals surface area contributed by atoms with Crippen LogP contribution in [0.25, 0.3) is 11.4 Å². The van der Waals surface area contributed by atoms with Gasteiger partial charge in [0.15, 0.2) is 6.54 Å². The van der Waals surface area contributed by atoms with Gasteiger partial charge in [0, 0.05) is 5.56 Å². The van der Waals surface area contributed by atoms with Crippen LogP contribution in [0.5, 0.6) is 5.75 Å². The number of hydrogen-bond donors (Lipinski definition) is 1. The van der Waals surface area contributed by atoms with Crippen molar-refractivity contribution >= 4 is 11.9 Å². The van der Waals surface area contributed by atoms with Crippen LogP contribution >= 0.6 is 0 Å². The van der Waals surface area contributed by atoms with E-state index in [0.29, 0.717) is 17.1 Å². The van der Waals surface area contributed by atoms with Gasteiger partial charge in [-0.05, 0) is 50.3 Å². The Morgan fingerprint density at radius 3 is 2.41 bits per heavy atom. The van der Waals surface area contributed by atoms with Crippen molar-refractivity contribution < 1.29 is 19.4 Å². The number of benzene rings is 1. The predicted molar refractivity (Wildman–Crippen MR) is 76.0 cm³/mol. The van der Waals surface area contributed by atoms with Crippen LogP contribution in [0, 0.1) is 5.41 Å². The molecule has 0 aliphatic heterocycles. The zero-order valence-electron chi connectivity index (χ0n) is 12.5. The number of ether oxygens (including phenoxy) is 1. The van der Waals surface area contributed by atoms with Crippen LogP contribution in [-0.2, 0) is 16.1 Å². The highest BCUT2D eigenvalue weighted by Crippen LogP contribution is 2.22. The first kappa shape index (κ1) is 15.6. The molecule has 0 saturated carbocycles. The number of nitrogens with zero attached hydrogens (tertiary/aromatic N) is 4. The van der Waals surface area contributed by atoms with Crippen molar-refractivity contribution in [3.63, 3.8) is 0 Å². The van der Waals surface area contributed by atoms with Crippen LogP contribution in [0.3, 0.4) is 0 Å². The summed E-state index contributed by atoms with van der Waals surface area (Å²) < 4.78 is 5.25. The largest absolute Gasteiger partial charge is 0.480 e. The zero-order chi connectivity index (χ0) is 16.3. The number of carbonyl (C=O) groups is 2. The topological polar surface area (TPSA) is 107 Å². The molecule has 0 aliphatic rings. The number of aliphatic carboxylic acids is 1. The van der Waals surface area contributed by atoms with Crippen molar-refractivity contribution in [2.45, 2.75) is 27.3 Å². The minimum Gasteiger partial charge on any atom is -0.480 e. The van der Waals surface area contributed by atoms with Gasteiger partial charge in [0.2, 0.25) is 5.82 Å². The highest BCUT2D eigenvalue weighted by atomic mass is 16.5. The maximum atomic E-state index is 11.8. The lowest BCUT2D eigenvalue weighted by Gasteiger charge is -2.16. The molecule has 8 heteroatoms. The summed E-state index contributed by atoms with van der Waals surface area (Å²) >= 11 is 0. The summed E-state index contributed by atoms with van der Waals surface area (Å²) in [5.41, 5.74) is 0.0620. The summed E-state index contributed by atoms with van der Waals surface area (Å²) in [6.45, 7) is 4.96. The Morgan fingerprint density at radius 1 is 1.23 bits per heavy atom. The van der Waals surface area contributed by atoms with Gasteiger partial charge < -0.3 is 9.84 Å². The number of carbonyl (C=O) groups excluding carboxylic acids is 1. The third-order valence-corrected chi connectivity index (χ3v) is 2.66. The number of carboxylic acids is 1. The Kier molecular flexibility index (Phi) is 4.20. The number of tetrazole rings is 1. The molecule has 1 heterocycles. The molecule has 1 N–H and O–H groups in total. The Hall–Kier alpha value is -2.77. The summed E-state index contributed by atoms with van der Waals surface area (Å²) in [7, 11) is 0. The van der Waals surface area contributed by atoms with E-state index in [-0.39, 0.29) is 12.5 Å². The average Bonchev–Trinajstić information content (AvgIpc) is 2.86. The second kappa shape index (κ2) is 5.92. The second-order valence-electron chi connectivity index (χ2n) is 5.70. The third kappa shape index (κ3) is 3.87. The number of carboxylic acid groups (broad SMARTS) is 1. The Balaban J connectivity index is 2.10. The van der Waals surface area contributed by atoms with Crippen LogP contribution in [-0.4, -0.2) is 37.3 Å². The quantitative estimate of drug-likeness (QED) is 0.671. The van der Waals surface area contributed by atoms with E-state index < -0.39 is 11.4 Å². The van der Waals surface area contributed by atoms with Crippen LogP contribution in [0.4, 0.5) is 0 Å². The zero-order valence-corrected chi connectivity index (χ0v) is 12.5. The van der Waals surface area contributed by atoms with E-state index in [4.69, 9.17) is 9.84 Å². The number of aromatic nitrogens is 4. The number of hydrogen-bond acceptors (Lipinski definition) is 6.